The average Bonchev–Trinajstić information content (AvgIpc) is 2.80. The second kappa shape index (κ2) is 6.46. The molecular weight excluding hydrogens is 345 g/mol. The minimum atomic E-state index is -3.05. The summed E-state index contributed by atoms with van der Waals surface area (Å²) in [5.41, 5.74) is 6.21. The number of rotatable bonds is 4. The quantitative estimate of drug-likeness (QED) is 0.851. The monoisotopic (exact) mass is 352 g/mol. The van der Waals surface area contributed by atoms with Crippen molar-refractivity contribution in [1.82, 2.24) is 0 Å². The molecule has 0 aliphatic heterocycles. The minimum Gasteiger partial charge on any atom is -0.432 e. The van der Waals surface area contributed by atoms with Crippen LogP contribution in [0.15, 0.2) is 23.6 Å². The Morgan fingerprint density at radius 1 is 1.33 bits per heavy atom. The van der Waals surface area contributed by atoms with Gasteiger partial charge in [-0.25, -0.2) is 0 Å². The zero-order chi connectivity index (χ0) is 15.6. The number of amides is 1. The van der Waals surface area contributed by atoms with Crippen LogP contribution in [0.1, 0.15) is 9.67 Å². The number of carbonyl (C=O) groups excluding carboxylic acids is 1. The lowest BCUT2D eigenvalue weighted by Gasteiger charge is -2.11. The van der Waals surface area contributed by atoms with Gasteiger partial charge in [-0.15, -0.1) is 11.3 Å². The molecule has 112 valence electrons. The number of ether oxygens (including phenoxy) is 1. The third-order valence-electron chi connectivity index (χ3n) is 2.36. The zero-order valence-corrected chi connectivity index (χ0v) is 12.5. The Kier molecular flexibility index (Phi) is 4.87. The molecule has 2 rings (SSSR count). The first kappa shape index (κ1) is 15.8. The number of thiophene rings is 1. The number of nitrogens with two attached hydrogens (primary N) is 1. The van der Waals surface area contributed by atoms with E-state index in [4.69, 9.17) is 28.9 Å². The molecular formula is C12H8Cl2F2N2O2S. The smallest absolute Gasteiger partial charge is 0.387 e. The molecule has 0 aliphatic carbocycles. The van der Waals surface area contributed by atoms with Crippen molar-refractivity contribution in [3.63, 3.8) is 0 Å². The number of halogens is 4. The molecule has 3 N–H and O–H groups in total. The van der Waals surface area contributed by atoms with Crippen LogP contribution in [-0.2, 0) is 0 Å². The summed E-state index contributed by atoms with van der Waals surface area (Å²) in [6.07, 6.45) is 0. The third-order valence-corrected chi connectivity index (χ3v) is 3.86. The predicted molar refractivity (Wildman–Crippen MR) is 79.8 cm³/mol. The highest BCUT2D eigenvalue weighted by atomic mass is 35.5. The Morgan fingerprint density at radius 3 is 2.43 bits per heavy atom. The summed E-state index contributed by atoms with van der Waals surface area (Å²) in [5, 5.41) is 3.91. The molecule has 2 aromatic rings. The van der Waals surface area contributed by atoms with Crippen molar-refractivity contribution in [1.29, 1.82) is 0 Å². The van der Waals surface area contributed by atoms with Crippen LogP contribution >= 0.6 is 34.5 Å². The molecule has 1 aromatic carbocycles. The molecule has 9 heteroatoms. The highest BCUT2D eigenvalue weighted by Gasteiger charge is 2.17. The standard InChI is InChI=1S/C12H8Cl2F2N2O2S/c13-6-3-5(4-7(14)9(6)20-12(15)16)18-11(19)10-8(17)1-2-21-10/h1-4,12H,17H2,(H,18,19). The number of anilines is 2. The summed E-state index contributed by atoms with van der Waals surface area (Å²) >= 11 is 12.8. The molecule has 0 radical (unpaired) electrons. The molecule has 0 saturated heterocycles. The Morgan fingerprint density at radius 2 is 1.95 bits per heavy atom. The fraction of sp³-hybridized carbons (Fsp3) is 0.0833. The first-order valence-corrected chi connectivity index (χ1v) is 7.10. The van der Waals surface area contributed by atoms with Gasteiger partial charge in [-0.3, -0.25) is 4.79 Å². The topological polar surface area (TPSA) is 64.4 Å². The van der Waals surface area contributed by atoms with Gasteiger partial charge < -0.3 is 15.8 Å². The number of hydrogen-bond donors (Lipinski definition) is 2. The van der Waals surface area contributed by atoms with Crippen LogP contribution in [0.2, 0.25) is 10.0 Å². The average molecular weight is 353 g/mol. The van der Waals surface area contributed by atoms with Gasteiger partial charge in [0.1, 0.15) is 4.88 Å². The van der Waals surface area contributed by atoms with Crippen LogP contribution in [0.3, 0.4) is 0 Å². The molecule has 1 aromatic heterocycles. The Labute approximate surface area is 132 Å². The normalized spacial score (nSPS) is 10.7. The van der Waals surface area contributed by atoms with Crippen molar-refractivity contribution in [2.24, 2.45) is 0 Å². The van der Waals surface area contributed by atoms with Gasteiger partial charge in [0.15, 0.2) is 5.75 Å². The summed E-state index contributed by atoms with van der Waals surface area (Å²) in [5.74, 6) is -0.792. The highest BCUT2D eigenvalue weighted by Crippen LogP contribution is 2.37. The number of benzene rings is 1. The van der Waals surface area contributed by atoms with Gasteiger partial charge >= 0.3 is 6.61 Å². The first-order chi connectivity index (χ1) is 9.88. The third kappa shape index (κ3) is 3.75. The molecule has 21 heavy (non-hydrogen) atoms. The maximum Gasteiger partial charge on any atom is 0.387 e. The van der Waals surface area contributed by atoms with E-state index in [1.54, 1.807) is 11.4 Å². The van der Waals surface area contributed by atoms with Crippen LogP contribution in [0.5, 0.6) is 5.75 Å². The number of nitrogen functional groups attached to an aromatic ring is 1. The van der Waals surface area contributed by atoms with Crippen molar-refractivity contribution in [2.45, 2.75) is 6.61 Å². The summed E-state index contributed by atoms with van der Waals surface area (Å²) < 4.78 is 28.6. The Balaban J connectivity index is 2.22. The van der Waals surface area contributed by atoms with Gasteiger partial charge in [0.2, 0.25) is 0 Å². The van der Waals surface area contributed by atoms with Crippen LogP contribution in [0.25, 0.3) is 0 Å². The fourth-order valence-electron chi connectivity index (χ4n) is 1.53. The molecule has 0 unspecified atom stereocenters. The van der Waals surface area contributed by atoms with Gasteiger partial charge in [0.05, 0.1) is 15.7 Å². The molecule has 0 spiro atoms. The second-order valence-corrected chi connectivity index (χ2v) is 5.54. The van der Waals surface area contributed by atoms with E-state index in [0.29, 0.717) is 10.6 Å². The summed E-state index contributed by atoms with van der Waals surface area (Å²) in [7, 11) is 0. The predicted octanol–water partition coefficient (Wildman–Crippen LogP) is 4.49. The van der Waals surface area contributed by atoms with Crippen LogP contribution < -0.4 is 15.8 Å². The van der Waals surface area contributed by atoms with Crippen LogP contribution in [-0.4, -0.2) is 12.5 Å². The van der Waals surface area contributed by atoms with Gasteiger partial charge in [0, 0.05) is 5.69 Å². The number of carbonyl (C=O) groups is 1. The van der Waals surface area contributed by atoms with Crippen molar-refractivity contribution in [3.8, 4) is 5.75 Å². The van der Waals surface area contributed by atoms with Crippen molar-refractivity contribution in [3.05, 3.63) is 38.5 Å². The van der Waals surface area contributed by atoms with Crippen molar-refractivity contribution >= 4 is 51.8 Å². The molecule has 1 heterocycles. The maximum absolute atomic E-state index is 12.2. The maximum atomic E-state index is 12.2. The molecule has 0 aliphatic rings. The lowest BCUT2D eigenvalue weighted by molar-refractivity contribution is -0.0497. The summed E-state index contributed by atoms with van der Waals surface area (Å²) in [6, 6.07) is 4.11. The molecule has 0 fully saturated rings. The first-order valence-electron chi connectivity index (χ1n) is 5.46. The highest BCUT2D eigenvalue weighted by molar-refractivity contribution is 7.12. The van der Waals surface area contributed by atoms with Gasteiger partial charge in [-0.2, -0.15) is 8.78 Å². The van der Waals surface area contributed by atoms with E-state index in [1.807, 2.05) is 0 Å². The van der Waals surface area contributed by atoms with E-state index in [9.17, 15) is 13.6 Å². The summed E-state index contributed by atoms with van der Waals surface area (Å²) in [6.45, 7) is -3.05. The second-order valence-electron chi connectivity index (χ2n) is 3.81. The van der Waals surface area contributed by atoms with E-state index in [-0.39, 0.29) is 21.5 Å². The molecule has 0 saturated carbocycles. The van der Waals surface area contributed by atoms with Crippen LogP contribution in [0, 0.1) is 0 Å². The van der Waals surface area contributed by atoms with Crippen LogP contribution in [0.4, 0.5) is 20.2 Å². The fourth-order valence-corrected chi connectivity index (χ4v) is 2.81. The molecule has 4 nitrogen and oxygen atoms in total. The van der Waals surface area contributed by atoms with Crippen molar-refractivity contribution < 1.29 is 18.3 Å². The van der Waals surface area contributed by atoms with E-state index < -0.39 is 12.5 Å². The molecule has 0 bridgehead atoms. The molecule has 0 atom stereocenters. The zero-order valence-electron chi connectivity index (χ0n) is 10.2. The largest absolute Gasteiger partial charge is 0.432 e. The van der Waals surface area contributed by atoms with E-state index in [0.717, 1.165) is 0 Å². The molecule has 1 amide bonds. The SMILES string of the molecule is Nc1ccsc1C(=O)Nc1cc(Cl)c(OC(F)F)c(Cl)c1. The lowest BCUT2D eigenvalue weighted by atomic mass is 10.3. The van der Waals surface area contributed by atoms with E-state index in [1.165, 1.54) is 23.5 Å². The lowest BCUT2D eigenvalue weighted by Crippen LogP contribution is -2.12. The van der Waals surface area contributed by atoms with E-state index in [2.05, 4.69) is 10.1 Å². The number of alkyl halides is 2. The Bertz CT molecular complexity index is 656. The van der Waals surface area contributed by atoms with Crippen molar-refractivity contribution in [2.75, 3.05) is 11.1 Å². The Hall–Kier alpha value is -1.57. The van der Waals surface area contributed by atoms with Gasteiger partial charge in [-0.05, 0) is 23.6 Å². The minimum absolute atomic E-state index is 0.141. The van der Waals surface area contributed by atoms with Gasteiger partial charge in [0.25, 0.3) is 5.91 Å². The van der Waals surface area contributed by atoms with E-state index >= 15 is 0 Å². The number of hydrogen-bond acceptors (Lipinski definition) is 4. The van der Waals surface area contributed by atoms with Gasteiger partial charge in [-0.1, -0.05) is 23.2 Å². The number of nitrogens with one attached hydrogen (secondary N) is 1. The summed E-state index contributed by atoms with van der Waals surface area (Å²) in [4.78, 5) is 12.3.